The van der Waals surface area contributed by atoms with Crippen molar-refractivity contribution < 1.29 is 15.1 Å². The van der Waals surface area contributed by atoms with Crippen molar-refractivity contribution in [3.8, 4) is 0 Å². The Morgan fingerprint density at radius 2 is 2.00 bits per heavy atom. The Hall–Kier alpha value is -1.06. The smallest absolute Gasteiger partial charge is 0.353 e. The normalized spacial score (nSPS) is 17.5. The van der Waals surface area contributed by atoms with Crippen LogP contribution in [0.4, 0.5) is 0 Å². The van der Waals surface area contributed by atoms with Crippen molar-refractivity contribution in [3.63, 3.8) is 0 Å². The molecule has 0 aromatic rings. The maximum Gasteiger partial charge on any atom is 0.353 e. The number of hydrogen-bond acceptors (Lipinski definition) is 3. The summed E-state index contributed by atoms with van der Waals surface area (Å²) < 4.78 is 0. The van der Waals surface area contributed by atoms with E-state index in [1.807, 2.05) is 0 Å². The monoisotopic (exact) mass is 213 g/mol. The predicted molar refractivity (Wildman–Crippen MR) is 57.3 cm³/mol. The third-order valence-corrected chi connectivity index (χ3v) is 3.12. The van der Waals surface area contributed by atoms with Gasteiger partial charge in [0.05, 0.1) is 0 Å². The molecule has 15 heavy (non-hydrogen) atoms. The zero-order valence-corrected chi connectivity index (χ0v) is 8.98. The van der Waals surface area contributed by atoms with Gasteiger partial charge in [-0.05, 0) is 12.3 Å². The first kappa shape index (κ1) is 12.0. The van der Waals surface area contributed by atoms with Gasteiger partial charge in [0.25, 0.3) is 0 Å². The Morgan fingerprint density at radius 3 is 2.47 bits per heavy atom. The van der Waals surface area contributed by atoms with Crippen LogP contribution in [-0.4, -0.2) is 22.0 Å². The van der Waals surface area contributed by atoms with Crippen LogP contribution in [0.25, 0.3) is 0 Å². The average molecular weight is 213 g/mol. The predicted octanol–water partition coefficient (Wildman–Crippen LogP) is 2.65. The van der Waals surface area contributed by atoms with Crippen molar-refractivity contribution in [1.29, 1.82) is 0 Å². The molecule has 1 aliphatic rings. The van der Waals surface area contributed by atoms with Crippen LogP contribution in [-0.2, 0) is 4.79 Å². The number of nitrogens with zero attached hydrogens (tertiary/aromatic N) is 1. The van der Waals surface area contributed by atoms with Crippen LogP contribution < -0.4 is 0 Å². The van der Waals surface area contributed by atoms with Crippen LogP contribution in [0.1, 0.15) is 51.4 Å². The molecule has 0 bridgehead atoms. The lowest BCUT2D eigenvalue weighted by molar-refractivity contribution is -0.129. The lowest BCUT2D eigenvalue weighted by Crippen LogP contribution is -2.13. The SMILES string of the molecule is O=C(O)C(CCCCCC1CCC1)=NO. The molecular formula is C11H19NO3. The van der Waals surface area contributed by atoms with E-state index in [0.717, 1.165) is 18.8 Å². The van der Waals surface area contributed by atoms with Gasteiger partial charge < -0.3 is 10.3 Å². The molecule has 1 aliphatic carbocycles. The molecule has 1 saturated carbocycles. The first-order chi connectivity index (χ1) is 7.24. The van der Waals surface area contributed by atoms with E-state index >= 15 is 0 Å². The molecule has 1 fully saturated rings. The topological polar surface area (TPSA) is 69.9 Å². The van der Waals surface area contributed by atoms with E-state index in [-0.39, 0.29) is 5.71 Å². The maximum absolute atomic E-state index is 10.5. The molecule has 0 saturated heterocycles. The van der Waals surface area contributed by atoms with Gasteiger partial charge >= 0.3 is 5.97 Å². The fourth-order valence-corrected chi connectivity index (χ4v) is 1.88. The summed E-state index contributed by atoms with van der Waals surface area (Å²) in [7, 11) is 0. The Kier molecular flexibility index (Phi) is 5.15. The van der Waals surface area contributed by atoms with Crippen molar-refractivity contribution in [1.82, 2.24) is 0 Å². The van der Waals surface area contributed by atoms with Crippen molar-refractivity contribution >= 4 is 11.7 Å². The van der Waals surface area contributed by atoms with Gasteiger partial charge in [0.1, 0.15) is 0 Å². The van der Waals surface area contributed by atoms with Crippen LogP contribution in [0, 0.1) is 5.92 Å². The highest BCUT2D eigenvalue weighted by atomic mass is 16.4. The van der Waals surface area contributed by atoms with Crippen LogP contribution in [0.2, 0.25) is 0 Å². The number of oxime groups is 1. The fraction of sp³-hybridized carbons (Fsp3) is 0.818. The van der Waals surface area contributed by atoms with Crippen LogP contribution in [0.5, 0.6) is 0 Å². The molecular weight excluding hydrogens is 194 g/mol. The van der Waals surface area contributed by atoms with Gasteiger partial charge in [-0.15, -0.1) is 0 Å². The second-order valence-electron chi connectivity index (χ2n) is 4.25. The van der Waals surface area contributed by atoms with Crippen LogP contribution in [0.3, 0.4) is 0 Å². The maximum atomic E-state index is 10.5. The molecule has 0 atom stereocenters. The fourth-order valence-electron chi connectivity index (χ4n) is 1.88. The molecule has 4 heteroatoms. The second-order valence-corrected chi connectivity index (χ2v) is 4.25. The Labute approximate surface area is 90.0 Å². The quantitative estimate of drug-likeness (QED) is 0.295. The second kappa shape index (κ2) is 6.43. The van der Waals surface area contributed by atoms with Gasteiger partial charge in [-0.2, -0.15) is 0 Å². The van der Waals surface area contributed by atoms with Gasteiger partial charge in [-0.3, -0.25) is 0 Å². The molecule has 0 aliphatic heterocycles. The average Bonchev–Trinajstić information content (AvgIpc) is 2.13. The van der Waals surface area contributed by atoms with E-state index in [4.69, 9.17) is 10.3 Å². The molecule has 0 aromatic carbocycles. The Morgan fingerprint density at radius 1 is 1.27 bits per heavy atom. The van der Waals surface area contributed by atoms with Gasteiger partial charge in [0.15, 0.2) is 5.71 Å². The minimum Gasteiger partial charge on any atom is -0.477 e. The molecule has 0 amide bonds. The van der Waals surface area contributed by atoms with Crippen molar-refractivity contribution in [2.24, 2.45) is 11.1 Å². The summed E-state index contributed by atoms with van der Waals surface area (Å²) in [5.41, 5.74) is -0.126. The molecule has 0 spiro atoms. The number of hydrogen-bond donors (Lipinski definition) is 2. The van der Waals surface area contributed by atoms with Crippen molar-refractivity contribution in [2.45, 2.75) is 51.4 Å². The molecule has 4 nitrogen and oxygen atoms in total. The van der Waals surface area contributed by atoms with Crippen molar-refractivity contribution in [3.05, 3.63) is 0 Å². The van der Waals surface area contributed by atoms with Gasteiger partial charge in [-0.25, -0.2) is 4.79 Å². The summed E-state index contributed by atoms with van der Waals surface area (Å²) in [4.78, 5) is 10.5. The summed E-state index contributed by atoms with van der Waals surface area (Å²) in [6, 6.07) is 0. The summed E-state index contributed by atoms with van der Waals surface area (Å²) >= 11 is 0. The van der Waals surface area contributed by atoms with Crippen LogP contribution >= 0.6 is 0 Å². The zero-order valence-electron chi connectivity index (χ0n) is 8.98. The van der Waals surface area contributed by atoms with E-state index in [9.17, 15) is 4.79 Å². The van der Waals surface area contributed by atoms with E-state index in [1.165, 1.54) is 32.1 Å². The molecule has 2 N–H and O–H groups in total. The third kappa shape index (κ3) is 4.32. The Balaban J connectivity index is 1.97. The lowest BCUT2D eigenvalue weighted by Gasteiger charge is -2.24. The van der Waals surface area contributed by atoms with Gasteiger partial charge in [-0.1, -0.05) is 43.7 Å². The summed E-state index contributed by atoms with van der Waals surface area (Å²) in [5, 5.41) is 19.7. The number of unbranched alkanes of at least 4 members (excludes halogenated alkanes) is 2. The Bertz CT molecular complexity index is 234. The van der Waals surface area contributed by atoms with Crippen molar-refractivity contribution in [2.75, 3.05) is 0 Å². The highest BCUT2D eigenvalue weighted by Gasteiger charge is 2.16. The largest absolute Gasteiger partial charge is 0.477 e. The number of carboxylic acids is 1. The molecule has 1 rings (SSSR count). The van der Waals surface area contributed by atoms with Crippen LogP contribution in [0.15, 0.2) is 5.16 Å². The molecule has 86 valence electrons. The van der Waals surface area contributed by atoms with Gasteiger partial charge in [0, 0.05) is 6.42 Å². The third-order valence-electron chi connectivity index (χ3n) is 3.12. The van der Waals surface area contributed by atoms with Gasteiger partial charge in [0.2, 0.25) is 0 Å². The molecule has 0 unspecified atom stereocenters. The van der Waals surface area contributed by atoms with E-state index in [2.05, 4.69) is 5.16 Å². The highest BCUT2D eigenvalue weighted by Crippen LogP contribution is 2.30. The summed E-state index contributed by atoms with van der Waals surface area (Å²) in [5.74, 6) is -0.188. The minimum absolute atomic E-state index is 0.126. The molecule has 0 radical (unpaired) electrons. The lowest BCUT2D eigenvalue weighted by atomic mass is 9.81. The first-order valence-corrected chi connectivity index (χ1v) is 5.68. The number of rotatable bonds is 7. The van der Waals surface area contributed by atoms with E-state index < -0.39 is 5.97 Å². The zero-order chi connectivity index (χ0) is 11.1. The molecule has 0 heterocycles. The molecule has 0 aromatic heterocycles. The minimum atomic E-state index is -1.11. The number of aliphatic carboxylic acids is 1. The first-order valence-electron chi connectivity index (χ1n) is 5.68. The number of carboxylic acid groups (broad SMARTS) is 1. The highest BCUT2D eigenvalue weighted by molar-refractivity contribution is 6.35. The van der Waals surface area contributed by atoms with E-state index in [0.29, 0.717) is 6.42 Å². The van der Waals surface area contributed by atoms with E-state index in [1.54, 1.807) is 0 Å². The summed E-state index contributed by atoms with van der Waals surface area (Å²) in [6.07, 6.45) is 8.78. The number of carbonyl (C=O) groups is 1. The summed E-state index contributed by atoms with van der Waals surface area (Å²) in [6.45, 7) is 0. The standard InChI is InChI=1S/C11H19NO3/c13-11(14)10(12-15)8-3-1-2-5-9-6-4-7-9/h9,15H,1-8H2,(H,13,14).